The first kappa shape index (κ1) is 22.1. The topological polar surface area (TPSA) is 50.3 Å². The Morgan fingerprint density at radius 3 is 1.33 bits per heavy atom. The second kappa shape index (κ2) is 10.4. The lowest BCUT2D eigenvalue weighted by molar-refractivity contribution is -0.137. The zero-order chi connectivity index (χ0) is 20.0. The molecule has 2 amide bonds. The van der Waals surface area contributed by atoms with Crippen molar-refractivity contribution in [1.82, 2.24) is 24.5 Å². The Balaban J connectivity index is 1.76. The Morgan fingerprint density at radius 2 is 1.07 bits per heavy atom. The summed E-state index contributed by atoms with van der Waals surface area (Å²) in [5.74, 6) is 0.321. The van der Waals surface area contributed by atoms with E-state index in [4.69, 9.17) is 0 Å². The number of piperidine rings is 2. The SMILES string of the molecule is CCN(CC(=O)N1CCC(N(C)C)CC1)CC(=O)N1CCC(N(C)C)CC1. The van der Waals surface area contributed by atoms with Crippen LogP contribution in [0.2, 0.25) is 0 Å². The molecule has 156 valence electrons. The van der Waals surface area contributed by atoms with Crippen LogP contribution in [0.3, 0.4) is 0 Å². The zero-order valence-corrected chi connectivity index (χ0v) is 18.0. The van der Waals surface area contributed by atoms with Gasteiger partial charge in [0, 0.05) is 38.3 Å². The summed E-state index contributed by atoms with van der Waals surface area (Å²) in [7, 11) is 8.42. The van der Waals surface area contributed by atoms with E-state index in [9.17, 15) is 9.59 Å². The van der Waals surface area contributed by atoms with E-state index < -0.39 is 0 Å². The van der Waals surface area contributed by atoms with Gasteiger partial charge in [-0.25, -0.2) is 0 Å². The molecule has 2 aliphatic rings. The summed E-state index contributed by atoms with van der Waals surface area (Å²) in [5.41, 5.74) is 0. The Morgan fingerprint density at radius 1 is 0.741 bits per heavy atom. The summed E-state index contributed by atoms with van der Waals surface area (Å²) >= 11 is 0. The molecule has 0 aliphatic carbocycles. The van der Waals surface area contributed by atoms with E-state index >= 15 is 0 Å². The monoisotopic (exact) mass is 381 g/mol. The number of rotatable bonds is 7. The number of carbonyl (C=O) groups is 2. The van der Waals surface area contributed by atoms with Crippen LogP contribution in [0, 0.1) is 0 Å². The number of hydrogen-bond donors (Lipinski definition) is 0. The first-order chi connectivity index (χ1) is 12.8. The third-order valence-electron chi connectivity index (χ3n) is 6.26. The molecule has 2 heterocycles. The molecular formula is C20H39N5O2. The van der Waals surface area contributed by atoms with E-state index in [1.54, 1.807) is 0 Å². The predicted octanol–water partition coefficient (Wildman–Crippen LogP) is 0.414. The van der Waals surface area contributed by atoms with Gasteiger partial charge >= 0.3 is 0 Å². The van der Waals surface area contributed by atoms with Crippen LogP contribution < -0.4 is 0 Å². The van der Waals surface area contributed by atoms with Gasteiger partial charge in [-0.05, 0) is 60.4 Å². The average Bonchev–Trinajstić information content (AvgIpc) is 2.67. The van der Waals surface area contributed by atoms with Crippen LogP contribution in [-0.4, -0.2) is 122 Å². The van der Waals surface area contributed by atoms with E-state index in [2.05, 4.69) is 38.0 Å². The van der Waals surface area contributed by atoms with Crippen molar-refractivity contribution in [2.24, 2.45) is 0 Å². The second-order valence-electron chi connectivity index (χ2n) is 8.45. The molecule has 0 bridgehead atoms. The lowest BCUT2D eigenvalue weighted by atomic mass is 10.0. The number of nitrogens with zero attached hydrogens (tertiary/aromatic N) is 5. The fraction of sp³-hybridized carbons (Fsp3) is 0.900. The van der Waals surface area contributed by atoms with E-state index in [0.717, 1.165) is 58.4 Å². The van der Waals surface area contributed by atoms with Crippen molar-refractivity contribution in [3.8, 4) is 0 Å². The molecule has 0 aromatic carbocycles. The standard InChI is InChI=1S/C20H39N5O2/c1-6-23(15-19(26)24-11-7-17(8-12-24)21(2)3)16-20(27)25-13-9-18(10-14-25)22(4)5/h17-18H,6-16H2,1-5H3. The number of amides is 2. The highest BCUT2D eigenvalue weighted by molar-refractivity contribution is 5.81. The second-order valence-corrected chi connectivity index (χ2v) is 8.45. The first-order valence-corrected chi connectivity index (χ1v) is 10.4. The lowest BCUT2D eigenvalue weighted by Crippen LogP contribution is -2.50. The third kappa shape index (κ3) is 6.43. The lowest BCUT2D eigenvalue weighted by Gasteiger charge is -2.37. The largest absolute Gasteiger partial charge is 0.341 e. The molecule has 27 heavy (non-hydrogen) atoms. The Bertz CT molecular complexity index is 439. The molecule has 0 N–H and O–H groups in total. The number of likely N-dealkylation sites (tertiary alicyclic amines) is 2. The van der Waals surface area contributed by atoms with E-state index in [1.807, 2.05) is 21.6 Å². The van der Waals surface area contributed by atoms with Crippen LogP contribution in [-0.2, 0) is 9.59 Å². The molecule has 7 nitrogen and oxygen atoms in total. The van der Waals surface area contributed by atoms with E-state index in [-0.39, 0.29) is 11.8 Å². The average molecular weight is 382 g/mol. The van der Waals surface area contributed by atoms with Gasteiger partial charge < -0.3 is 19.6 Å². The van der Waals surface area contributed by atoms with Gasteiger partial charge in [0.05, 0.1) is 13.1 Å². The zero-order valence-electron chi connectivity index (χ0n) is 18.0. The third-order valence-corrected chi connectivity index (χ3v) is 6.26. The van der Waals surface area contributed by atoms with Gasteiger partial charge in [0.15, 0.2) is 0 Å². The number of likely N-dealkylation sites (N-methyl/N-ethyl adjacent to an activating group) is 1. The maximum atomic E-state index is 12.7. The summed E-state index contributed by atoms with van der Waals surface area (Å²) in [6.07, 6.45) is 4.13. The van der Waals surface area contributed by atoms with Crippen LogP contribution in [0.15, 0.2) is 0 Å². The van der Waals surface area contributed by atoms with Crippen LogP contribution in [0.25, 0.3) is 0 Å². The van der Waals surface area contributed by atoms with Crippen molar-refractivity contribution in [1.29, 1.82) is 0 Å². The van der Waals surface area contributed by atoms with Crippen molar-refractivity contribution in [2.45, 2.75) is 44.7 Å². The molecule has 0 aromatic heterocycles. The molecule has 2 saturated heterocycles. The minimum Gasteiger partial charge on any atom is -0.341 e. The van der Waals surface area contributed by atoms with Crippen LogP contribution in [0.1, 0.15) is 32.6 Å². The molecule has 0 aromatic rings. The molecule has 7 heteroatoms. The first-order valence-electron chi connectivity index (χ1n) is 10.4. The fourth-order valence-electron chi connectivity index (χ4n) is 4.13. The van der Waals surface area contributed by atoms with Crippen molar-refractivity contribution in [3.05, 3.63) is 0 Å². The number of hydrogen-bond acceptors (Lipinski definition) is 5. The van der Waals surface area contributed by atoms with Gasteiger partial charge in [0.1, 0.15) is 0 Å². The van der Waals surface area contributed by atoms with Crippen molar-refractivity contribution in [3.63, 3.8) is 0 Å². The minimum atomic E-state index is 0.160. The van der Waals surface area contributed by atoms with Crippen LogP contribution in [0.5, 0.6) is 0 Å². The quantitative estimate of drug-likeness (QED) is 0.640. The van der Waals surface area contributed by atoms with Gasteiger partial charge in [-0.3, -0.25) is 14.5 Å². The van der Waals surface area contributed by atoms with Gasteiger partial charge in [0.25, 0.3) is 0 Å². The maximum absolute atomic E-state index is 12.7. The van der Waals surface area contributed by atoms with E-state index in [1.165, 1.54) is 0 Å². The van der Waals surface area contributed by atoms with Gasteiger partial charge in [0.2, 0.25) is 11.8 Å². The minimum absolute atomic E-state index is 0.160. The number of carbonyl (C=O) groups excluding carboxylic acids is 2. The molecule has 2 fully saturated rings. The fourth-order valence-corrected chi connectivity index (χ4v) is 4.13. The summed E-state index contributed by atoms with van der Waals surface area (Å²) in [6.45, 7) is 6.75. The van der Waals surface area contributed by atoms with Gasteiger partial charge in [-0.15, -0.1) is 0 Å². The molecule has 2 rings (SSSR count). The van der Waals surface area contributed by atoms with Crippen LogP contribution in [0.4, 0.5) is 0 Å². The Kier molecular flexibility index (Phi) is 8.51. The molecule has 0 spiro atoms. The van der Waals surface area contributed by atoms with E-state index in [0.29, 0.717) is 25.2 Å². The molecule has 2 aliphatic heterocycles. The normalized spacial score (nSPS) is 20.1. The molecule has 0 unspecified atom stereocenters. The van der Waals surface area contributed by atoms with Crippen molar-refractivity contribution >= 4 is 11.8 Å². The Labute approximate surface area is 165 Å². The van der Waals surface area contributed by atoms with Crippen LogP contribution >= 0.6 is 0 Å². The summed E-state index contributed by atoms with van der Waals surface area (Å²) in [6, 6.07) is 1.14. The molecule has 0 saturated carbocycles. The molecular weight excluding hydrogens is 342 g/mol. The predicted molar refractivity (Wildman–Crippen MR) is 109 cm³/mol. The molecule has 0 radical (unpaired) electrons. The maximum Gasteiger partial charge on any atom is 0.236 e. The van der Waals surface area contributed by atoms with Crippen molar-refractivity contribution in [2.75, 3.05) is 74.0 Å². The summed E-state index contributed by atoms with van der Waals surface area (Å²) in [5, 5.41) is 0. The highest BCUT2D eigenvalue weighted by Crippen LogP contribution is 2.16. The molecule has 0 atom stereocenters. The van der Waals surface area contributed by atoms with Crippen molar-refractivity contribution < 1.29 is 9.59 Å². The Hall–Kier alpha value is -1.18. The van der Waals surface area contributed by atoms with Gasteiger partial charge in [-0.1, -0.05) is 6.92 Å². The highest BCUT2D eigenvalue weighted by atomic mass is 16.2. The van der Waals surface area contributed by atoms with Gasteiger partial charge in [-0.2, -0.15) is 0 Å². The highest BCUT2D eigenvalue weighted by Gasteiger charge is 2.27. The summed E-state index contributed by atoms with van der Waals surface area (Å²) < 4.78 is 0. The summed E-state index contributed by atoms with van der Waals surface area (Å²) in [4.78, 5) is 35.7. The smallest absolute Gasteiger partial charge is 0.236 e.